The first-order valence-electron chi connectivity index (χ1n) is 7.76. The number of aryl methyl sites for hydroxylation is 1. The molecule has 23 heavy (non-hydrogen) atoms. The van der Waals surface area contributed by atoms with Crippen LogP contribution in [-0.4, -0.2) is 31.1 Å². The molecule has 1 rings (SSSR count). The fraction of sp³-hybridized carbons (Fsp3) is 0.471. The van der Waals surface area contributed by atoms with Gasteiger partial charge in [-0.15, -0.1) is 0 Å². The molecule has 0 bridgehead atoms. The summed E-state index contributed by atoms with van der Waals surface area (Å²) in [7, 11) is 0. The fourth-order valence-corrected chi connectivity index (χ4v) is 1.77. The summed E-state index contributed by atoms with van der Waals surface area (Å²) < 4.78 is 4.88. The van der Waals surface area contributed by atoms with Gasteiger partial charge in [0.2, 0.25) is 0 Å². The van der Waals surface area contributed by atoms with Crippen LogP contribution < -0.4 is 10.6 Å². The van der Waals surface area contributed by atoms with Crippen LogP contribution in [0.4, 0.5) is 4.79 Å². The molecule has 2 N–H and O–H groups in total. The zero-order valence-electron chi connectivity index (χ0n) is 13.8. The number of imide groups is 1. The van der Waals surface area contributed by atoms with Crippen molar-refractivity contribution in [2.45, 2.75) is 33.6 Å². The normalized spacial score (nSPS) is 10.3. The van der Waals surface area contributed by atoms with Gasteiger partial charge in [-0.1, -0.05) is 32.9 Å². The second-order valence-corrected chi connectivity index (χ2v) is 5.61. The van der Waals surface area contributed by atoms with Crippen molar-refractivity contribution in [2.75, 3.05) is 13.2 Å². The molecule has 126 valence electrons. The topological polar surface area (TPSA) is 84.5 Å². The lowest BCUT2D eigenvalue weighted by Gasteiger charge is -2.08. The molecule has 0 unspecified atom stereocenters. The van der Waals surface area contributed by atoms with Crippen molar-refractivity contribution in [2.24, 2.45) is 5.92 Å². The third kappa shape index (κ3) is 7.44. The lowest BCUT2D eigenvalue weighted by molar-refractivity contribution is -0.123. The largest absolute Gasteiger partial charge is 0.452 e. The van der Waals surface area contributed by atoms with Gasteiger partial charge in [0.25, 0.3) is 5.91 Å². The molecule has 0 saturated carbocycles. The Morgan fingerprint density at radius 3 is 2.35 bits per heavy atom. The van der Waals surface area contributed by atoms with Crippen molar-refractivity contribution in [1.29, 1.82) is 0 Å². The minimum absolute atomic E-state index is 0.372. The Morgan fingerprint density at radius 1 is 1.13 bits per heavy atom. The van der Waals surface area contributed by atoms with Crippen molar-refractivity contribution in [3.63, 3.8) is 0 Å². The Balaban J connectivity index is 2.31. The predicted molar refractivity (Wildman–Crippen MR) is 87.1 cm³/mol. The van der Waals surface area contributed by atoms with Gasteiger partial charge in [0, 0.05) is 6.54 Å². The number of ether oxygens (including phenoxy) is 1. The summed E-state index contributed by atoms with van der Waals surface area (Å²) in [5, 5.41) is 4.68. The summed E-state index contributed by atoms with van der Waals surface area (Å²) >= 11 is 0. The molecule has 6 nitrogen and oxygen atoms in total. The molecule has 0 atom stereocenters. The van der Waals surface area contributed by atoms with E-state index in [1.54, 1.807) is 12.1 Å². The number of urea groups is 1. The van der Waals surface area contributed by atoms with Gasteiger partial charge in [-0.2, -0.15) is 0 Å². The Bertz CT molecular complexity index is 538. The van der Waals surface area contributed by atoms with E-state index in [0.717, 1.165) is 18.4 Å². The van der Waals surface area contributed by atoms with Gasteiger partial charge in [-0.3, -0.25) is 10.1 Å². The number of rotatable bonds is 7. The molecule has 1 aromatic rings. The second-order valence-electron chi connectivity index (χ2n) is 5.61. The molecule has 6 heteroatoms. The van der Waals surface area contributed by atoms with Crippen molar-refractivity contribution in [3.05, 3.63) is 35.4 Å². The van der Waals surface area contributed by atoms with E-state index >= 15 is 0 Å². The van der Waals surface area contributed by atoms with Crippen LogP contribution in [0.5, 0.6) is 0 Å². The summed E-state index contributed by atoms with van der Waals surface area (Å²) in [6, 6.07) is 6.38. The molecule has 0 aliphatic heterocycles. The number of esters is 1. The monoisotopic (exact) mass is 320 g/mol. The summed E-state index contributed by atoms with van der Waals surface area (Å²) in [4.78, 5) is 34.8. The zero-order valence-corrected chi connectivity index (χ0v) is 13.8. The van der Waals surface area contributed by atoms with Gasteiger partial charge in [0.1, 0.15) is 0 Å². The molecule has 0 radical (unpaired) electrons. The standard InChI is InChI=1S/C17H24N2O4/c1-4-13-5-7-14(8-6-13)16(21)23-11-15(20)19-17(22)18-10-9-12(2)3/h5-8,12H,4,9-11H2,1-3H3,(H2,18,19,20,22). The Labute approximate surface area is 136 Å². The molecule has 0 aliphatic rings. The van der Waals surface area contributed by atoms with E-state index in [2.05, 4.69) is 10.6 Å². The molecule has 0 aromatic heterocycles. The first-order valence-corrected chi connectivity index (χ1v) is 7.76. The Morgan fingerprint density at radius 2 is 1.78 bits per heavy atom. The summed E-state index contributed by atoms with van der Waals surface area (Å²) in [6.07, 6.45) is 1.70. The number of carbonyl (C=O) groups is 3. The maximum Gasteiger partial charge on any atom is 0.338 e. The van der Waals surface area contributed by atoms with Gasteiger partial charge in [-0.25, -0.2) is 9.59 Å². The van der Waals surface area contributed by atoms with Crippen molar-refractivity contribution >= 4 is 17.9 Å². The van der Waals surface area contributed by atoms with Crippen LogP contribution in [0.3, 0.4) is 0 Å². The highest BCUT2D eigenvalue weighted by atomic mass is 16.5. The average Bonchev–Trinajstić information content (AvgIpc) is 2.52. The van der Waals surface area contributed by atoms with Crippen molar-refractivity contribution in [1.82, 2.24) is 10.6 Å². The van der Waals surface area contributed by atoms with E-state index in [1.807, 2.05) is 32.9 Å². The molecule has 1 aromatic carbocycles. The van der Waals surface area contributed by atoms with Crippen molar-refractivity contribution in [3.8, 4) is 0 Å². The number of carbonyl (C=O) groups excluding carboxylic acids is 3. The van der Waals surface area contributed by atoms with E-state index < -0.39 is 24.5 Å². The van der Waals surface area contributed by atoms with Crippen molar-refractivity contribution < 1.29 is 19.1 Å². The molecular weight excluding hydrogens is 296 g/mol. The van der Waals surface area contributed by atoms with Gasteiger partial charge in [0.15, 0.2) is 6.61 Å². The van der Waals surface area contributed by atoms with Crippen LogP contribution in [0.1, 0.15) is 43.1 Å². The lowest BCUT2D eigenvalue weighted by atomic mass is 10.1. The molecule has 0 heterocycles. The molecular formula is C17H24N2O4. The number of benzene rings is 1. The van der Waals surface area contributed by atoms with E-state index in [1.165, 1.54) is 0 Å². The molecule has 3 amide bonds. The van der Waals surface area contributed by atoms with Gasteiger partial charge >= 0.3 is 12.0 Å². The minimum atomic E-state index is -0.662. The lowest BCUT2D eigenvalue weighted by Crippen LogP contribution is -2.41. The van der Waals surface area contributed by atoms with Gasteiger partial charge in [-0.05, 0) is 36.5 Å². The minimum Gasteiger partial charge on any atom is -0.452 e. The highest BCUT2D eigenvalue weighted by Gasteiger charge is 2.12. The summed E-state index contributed by atoms with van der Waals surface area (Å²) in [5.41, 5.74) is 1.48. The fourth-order valence-electron chi connectivity index (χ4n) is 1.77. The number of nitrogens with one attached hydrogen (secondary N) is 2. The molecule has 0 saturated heterocycles. The third-order valence-electron chi connectivity index (χ3n) is 3.19. The van der Waals surface area contributed by atoms with E-state index in [9.17, 15) is 14.4 Å². The smallest absolute Gasteiger partial charge is 0.338 e. The zero-order chi connectivity index (χ0) is 17.2. The number of hydrogen-bond donors (Lipinski definition) is 2. The van der Waals surface area contributed by atoms with E-state index in [-0.39, 0.29) is 0 Å². The van der Waals surface area contributed by atoms with Crippen LogP contribution in [0, 0.1) is 5.92 Å². The predicted octanol–water partition coefficient (Wildman–Crippen LogP) is 2.28. The van der Waals surface area contributed by atoms with Gasteiger partial charge in [0.05, 0.1) is 5.56 Å². The summed E-state index contributed by atoms with van der Waals surface area (Å²) in [6.45, 7) is 6.09. The van der Waals surface area contributed by atoms with Crippen LogP contribution in [0.2, 0.25) is 0 Å². The second kappa shape index (κ2) is 9.61. The maximum absolute atomic E-state index is 11.8. The summed E-state index contributed by atoms with van der Waals surface area (Å²) in [5.74, 6) is -0.792. The highest BCUT2D eigenvalue weighted by Crippen LogP contribution is 2.06. The van der Waals surface area contributed by atoms with Crippen LogP contribution in [0.15, 0.2) is 24.3 Å². The maximum atomic E-state index is 11.8. The van der Waals surface area contributed by atoms with E-state index in [4.69, 9.17) is 4.74 Å². The van der Waals surface area contributed by atoms with Gasteiger partial charge < -0.3 is 10.1 Å². The average molecular weight is 320 g/mol. The Kier molecular flexibility index (Phi) is 7.80. The number of hydrogen-bond acceptors (Lipinski definition) is 4. The first-order chi connectivity index (χ1) is 10.9. The quantitative estimate of drug-likeness (QED) is 0.755. The molecule has 0 spiro atoms. The SMILES string of the molecule is CCc1ccc(C(=O)OCC(=O)NC(=O)NCCC(C)C)cc1. The Hall–Kier alpha value is -2.37. The third-order valence-corrected chi connectivity index (χ3v) is 3.19. The van der Waals surface area contributed by atoms with Crippen LogP contribution >= 0.6 is 0 Å². The first kappa shape index (κ1) is 18.7. The highest BCUT2D eigenvalue weighted by molar-refractivity contribution is 5.97. The van der Waals surface area contributed by atoms with Crippen LogP contribution in [0.25, 0.3) is 0 Å². The van der Waals surface area contributed by atoms with Crippen LogP contribution in [-0.2, 0) is 16.0 Å². The molecule has 0 aliphatic carbocycles. The number of amides is 3. The molecule has 0 fully saturated rings. The van der Waals surface area contributed by atoms with E-state index in [0.29, 0.717) is 18.0 Å².